The Hall–Kier alpha value is -3.62. The summed E-state index contributed by atoms with van der Waals surface area (Å²) in [4.78, 5) is 24.9. The molecule has 3 heterocycles. The van der Waals surface area contributed by atoms with E-state index in [1.54, 1.807) is 41.0 Å². The van der Waals surface area contributed by atoms with E-state index in [-0.39, 0.29) is 24.2 Å². The Morgan fingerprint density at radius 1 is 1.31 bits per heavy atom. The lowest BCUT2D eigenvalue weighted by molar-refractivity contribution is -0.125. The van der Waals surface area contributed by atoms with Gasteiger partial charge in [0.2, 0.25) is 23.6 Å². The lowest BCUT2D eigenvalue weighted by Gasteiger charge is -2.25. The van der Waals surface area contributed by atoms with Gasteiger partial charge in [-0.2, -0.15) is 0 Å². The number of aromatic nitrogens is 3. The van der Waals surface area contributed by atoms with Crippen molar-refractivity contribution in [1.29, 1.82) is 0 Å². The number of methoxy groups -OCH3 is 1. The summed E-state index contributed by atoms with van der Waals surface area (Å²) in [5, 5.41) is 13.4. The molecule has 9 nitrogen and oxygen atoms in total. The van der Waals surface area contributed by atoms with E-state index in [1.165, 1.54) is 13.4 Å². The maximum absolute atomic E-state index is 12.9. The molecule has 1 atom stereocenters. The fourth-order valence-electron chi connectivity index (χ4n) is 2.86. The number of hydrogen-bond acceptors (Lipinski definition) is 6. The van der Waals surface area contributed by atoms with E-state index in [4.69, 9.17) is 9.15 Å². The Kier molecular flexibility index (Phi) is 3.88. The Bertz CT molecular complexity index is 963. The van der Waals surface area contributed by atoms with Crippen LogP contribution in [0.3, 0.4) is 0 Å². The van der Waals surface area contributed by atoms with Crippen molar-refractivity contribution in [2.75, 3.05) is 17.7 Å². The van der Waals surface area contributed by atoms with Crippen molar-refractivity contribution in [3.63, 3.8) is 0 Å². The average Bonchev–Trinajstić information content (AvgIpc) is 3.30. The van der Waals surface area contributed by atoms with Gasteiger partial charge in [-0.1, -0.05) is 12.1 Å². The number of fused-ring (bicyclic) bond motifs is 1. The van der Waals surface area contributed by atoms with Crippen molar-refractivity contribution >= 4 is 23.5 Å². The van der Waals surface area contributed by atoms with E-state index in [0.717, 1.165) is 0 Å². The van der Waals surface area contributed by atoms with Crippen LogP contribution in [-0.4, -0.2) is 33.7 Å². The largest absolute Gasteiger partial charge is 0.495 e. The third-order valence-electron chi connectivity index (χ3n) is 4.05. The first kappa shape index (κ1) is 15.9. The predicted molar refractivity (Wildman–Crippen MR) is 91.6 cm³/mol. The van der Waals surface area contributed by atoms with Crippen molar-refractivity contribution in [2.45, 2.75) is 12.5 Å². The average molecular weight is 353 g/mol. The van der Waals surface area contributed by atoms with Crippen molar-refractivity contribution < 1.29 is 18.7 Å². The Labute approximate surface area is 148 Å². The van der Waals surface area contributed by atoms with Gasteiger partial charge >= 0.3 is 0 Å². The Balaban J connectivity index is 1.70. The number of amides is 2. The normalized spacial score (nSPS) is 15.9. The molecule has 2 N–H and O–H groups in total. The number of rotatable bonds is 4. The maximum atomic E-state index is 12.9. The summed E-state index contributed by atoms with van der Waals surface area (Å²) in [6, 6.07) is 9.64. The van der Waals surface area contributed by atoms with E-state index in [9.17, 15) is 9.59 Å². The molecule has 0 aliphatic carbocycles. The van der Waals surface area contributed by atoms with Crippen LogP contribution in [0.2, 0.25) is 0 Å². The minimum atomic E-state index is -0.821. The van der Waals surface area contributed by atoms with Crippen molar-refractivity contribution in [3.05, 3.63) is 42.7 Å². The van der Waals surface area contributed by atoms with Gasteiger partial charge in [-0.25, -0.2) is 0 Å². The second-order valence-electron chi connectivity index (χ2n) is 5.65. The minimum absolute atomic E-state index is 0.0419. The third kappa shape index (κ3) is 2.69. The van der Waals surface area contributed by atoms with Gasteiger partial charge in [-0.05, 0) is 24.3 Å². The van der Waals surface area contributed by atoms with E-state index in [2.05, 4.69) is 20.8 Å². The minimum Gasteiger partial charge on any atom is -0.495 e. The topological polar surface area (TPSA) is 111 Å². The zero-order valence-electron chi connectivity index (χ0n) is 13.8. The summed E-state index contributed by atoms with van der Waals surface area (Å²) in [5.74, 6) is 0.860. The fourth-order valence-corrected chi connectivity index (χ4v) is 2.86. The molecule has 3 aromatic rings. The fraction of sp³-hybridized carbons (Fsp3) is 0.176. The molecule has 2 amide bonds. The van der Waals surface area contributed by atoms with Crippen molar-refractivity contribution in [1.82, 2.24) is 14.8 Å². The van der Waals surface area contributed by atoms with Crippen LogP contribution in [-0.2, 0) is 9.59 Å². The molecular formula is C17H15N5O4. The van der Waals surface area contributed by atoms with Crippen LogP contribution >= 0.6 is 0 Å². The number of furan rings is 1. The summed E-state index contributed by atoms with van der Waals surface area (Å²) < 4.78 is 12.2. The molecule has 0 radical (unpaired) electrons. The quantitative estimate of drug-likeness (QED) is 0.743. The molecule has 0 fully saturated rings. The van der Waals surface area contributed by atoms with Crippen LogP contribution in [0.4, 0.5) is 11.6 Å². The first-order valence-electron chi connectivity index (χ1n) is 7.90. The van der Waals surface area contributed by atoms with Gasteiger partial charge in [-0.15, -0.1) is 10.2 Å². The van der Waals surface area contributed by atoms with Crippen LogP contribution in [0.1, 0.15) is 12.5 Å². The van der Waals surface area contributed by atoms with E-state index >= 15 is 0 Å². The zero-order chi connectivity index (χ0) is 18.1. The summed E-state index contributed by atoms with van der Waals surface area (Å²) in [5.41, 5.74) is 0.514. The number of benzene rings is 1. The smallest absolute Gasteiger partial charge is 0.248 e. The third-order valence-corrected chi connectivity index (χ3v) is 4.05. The molecule has 132 valence electrons. The Morgan fingerprint density at radius 2 is 2.15 bits per heavy atom. The van der Waals surface area contributed by atoms with Crippen molar-refractivity contribution in [2.24, 2.45) is 0 Å². The van der Waals surface area contributed by atoms with Crippen LogP contribution in [0.15, 0.2) is 47.1 Å². The van der Waals surface area contributed by atoms with Gasteiger partial charge in [0, 0.05) is 0 Å². The lowest BCUT2D eigenvalue weighted by atomic mass is 10.1. The monoisotopic (exact) mass is 353 g/mol. The highest BCUT2D eigenvalue weighted by Crippen LogP contribution is 2.32. The molecule has 4 rings (SSSR count). The summed E-state index contributed by atoms with van der Waals surface area (Å²) in [7, 11) is 1.52. The van der Waals surface area contributed by atoms with Crippen LogP contribution in [0, 0.1) is 0 Å². The zero-order valence-corrected chi connectivity index (χ0v) is 13.8. The molecular weight excluding hydrogens is 338 g/mol. The molecule has 0 saturated carbocycles. The first-order valence-corrected chi connectivity index (χ1v) is 7.90. The van der Waals surface area contributed by atoms with E-state index in [1.807, 2.05) is 0 Å². The number of nitrogens with one attached hydrogen (secondary N) is 2. The van der Waals surface area contributed by atoms with Gasteiger partial charge in [0.25, 0.3) is 0 Å². The van der Waals surface area contributed by atoms with Gasteiger partial charge in [0.05, 0.1) is 25.5 Å². The molecule has 0 bridgehead atoms. The van der Waals surface area contributed by atoms with Gasteiger partial charge in [-0.3, -0.25) is 19.5 Å². The molecule has 26 heavy (non-hydrogen) atoms. The highest BCUT2D eigenvalue weighted by molar-refractivity contribution is 6.01. The second kappa shape index (κ2) is 6.36. The number of para-hydroxylation sites is 2. The van der Waals surface area contributed by atoms with E-state index < -0.39 is 6.04 Å². The summed E-state index contributed by atoms with van der Waals surface area (Å²) >= 11 is 0. The summed E-state index contributed by atoms with van der Waals surface area (Å²) in [6.07, 6.45) is 1.46. The SMILES string of the molecule is COc1ccccc1NC(=O)C1CC(=O)Nc2nnc(-c3ccco3)n21. The van der Waals surface area contributed by atoms with Gasteiger partial charge in [0.15, 0.2) is 5.76 Å². The number of hydrogen-bond donors (Lipinski definition) is 2. The van der Waals surface area contributed by atoms with Crippen LogP contribution in [0.5, 0.6) is 5.75 Å². The molecule has 0 saturated heterocycles. The molecule has 1 unspecified atom stereocenters. The molecule has 1 aromatic carbocycles. The predicted octanol–water partition coefficient (Wildman–Crippen LogP) is 2.07. The highest BCUT2D eigenvalue weighted by Gasteiger charge is 2.35. The number of ether oxygens (including phenoxy) is 1. The number of nitrogens with zero attached hydrogens (tertiary/aromatic N) is 3. The van der Waals surface area contributed by atoms with Crippen molar-refractivity contribution in [3.8, 4) is 17.3 Å². The van der Waals surface area contributed by atoms with Crippen LogP contribution < -0.4 is 15.4 Å². The number of carbonyl (C=O) groups is 2. The maximum Gasteiger partial charge on any atom is 0.248 e. The van der Waals surface area contributed by atoms with Gasteiger partial charge < -0.3 is 14.5 Å². The van der Waals surface area contributed by atoms with Gasteiger partial charge in [0.1, 0.15) is 11.8 Å². The molecule has 1 aliphatic heterocycles. The van der Waals surface area contributed by atoms with Crippen LogP contribution in [0.25, 0.3) is 11.6 Å². The first-order chi connectivity index (χ1) is 12.7. The standard InChI is InChI=1S/C17H15N5O4/c1-25-12-6-3-2-5-10(12)18-16(24)11-9-14(23)19-17-21-20-15(22(11)17)13-7-4-8-26-13/h2-8,11H,9H2,1H3,(H,18,24)(H,19,21,23). The second-order valence-corrected chi connectivity index (χ2v) is 5.65. The Morgan fingerprint density at radius 3 is 2.92 bits per heavy atom. The molecule has 1 aliphatic rings. The molecule has 0 spiro atoms. The van der Waals surface area contributed by atoms with E-state index in [0.29, 0.717) is 23.0 Å². The number of carbonyl (C=O) groups excluding carboxylic acids is 2. The summed E-state index contributed by atoms with van der Waals surface area (Å²) in [6.45, 7) is 0. The molecule has 9 heteroatoms. The highest BCUT2D eigenvalue weighted by atomic mass is 16.5. The molecule has 2 aromatic heterocycles. The lowest BCUT2D eigenvalue weighted by Crippen LogP contribution is -2.35. The number of anilines is 2.